The van der Waals surface area contributed by atoms with Crippen molar-refractivity contribution in [2.45, 2.75) is 0 Å². The molecule has 0 aliphatic heterocycles. The molecule has 0 spiro atoms. The van der Waals surface area contributed by atoms with E-state index in [0.29, 0.717) is 26.9 Å². The maximum atomic E-state index is 12.1. The Morgan fingerprint density at radius 1 is 1.14 bits per heavy atom. The van der Waals surface area contributed by atoms with Crippen LogP contribution in [0.15, 0.2) is 45.6 Å². The van der Waals surface area contributed by atoms with Crippen LogP contribution in [-0.2, 0) is 0 Å². The normalized spacial score (nSPS) is 10.8. The standard InChI is InChI=1S/C15H9Cl2NO3/c1-20-10-4-2-8(3-5-10)14-18-13-11(15(19)21-14)6-9(16)7-12(13)17/h2-7H,1H3. The lowest BCUT2D eigenvalue weighted by atomic mass is 10.2. The van der Waals surface area contributed by atoms with E-state index in [1.165, 1.54) is 12.1 Å². The molecule has 106 valence electrons. The molecule has 0 N–H and O–H groups in total. The van der Waals surface area contributed by atoms with Gasteiger partial charge in [-0.2, -0.15) is 0 Å². The fourth-order valence-corrected chi connectivity index (χ4v) is 2.50. The molecule has 0 bridgehead atoms. The summed E-state index contributed by atoms with van der Waals surface area (Å²) in [4.78, 5) is 16.4. The number of ether oxygens (including phenoxy) is 1. The Morgan fingerprint density at radius 3 is 2.52 bits per heavy atom. The van der Waals surface area contributed by atoms with Crippen molar-refractivity contribution in [3.8, 4) is 17.2 Å². The first-order chi connectivity index (χ1) is 10.1. The highest BCUT2D eigenvalue weighted by atomic mass is 35.5. The van der Waals surface area contributed by atoms with Gasteiger partial charge in [-0.25, -0.2) is 9.78 Å². The SMILES string of the molecule is COc1ccc(-c2nc3c(Cl)cc(Cl)cc3c(=O)o2)cc1. The van der Waals surface area contributed by atoms with Crippen LogP contribution in [0.1, 0.15) is 0 Å². The van der Waals surface area contributed by atoms with Crippen LogP contribution < -0.4 is 10.4 Å². The highest BCUT2D eigenvalue weighted by Crippen LogP contribution is 2.27. The van der Waals surface area contributed by atoms with Crippen LogP contribution in [0.4, 0.5) is 0 Å². The van der Waals surface area contributed by atoms with E-state index in [-0.39, 0.29) is 11.3 Å². The number of aromatic nitrogens is 1. The van der Waals surface area contributed by atoms with E-state index in [4.69, 9.17) is 32.4 Å². The van der Waals surface area contributed by atoms with Crippen LogP contribution in [0.25, 0.3) is 22.4 Å². The van der Waals surface area contributed by atoms with Crippen LogP contribution in [0.5, 0.6) is 5.75 Å². The number of halogens is 2. The second-order valence-corrected chi connectivity index (χ2v) is 5.16. The highest BCUT2D eigenvalue weighted by molar-refractivity contribution is 6.38. The van der Waals surface area contributed by atoms with Crippen molar-refractivity contribution in [3.63, 3.8) is 0 Å². The molecular formula is C15H9Cl2NO3. The van der Waals surface area contributed by atoms with Crippen molar-refractivity contribution in [1.29, 1.82) is 0 Å². The Balaban J connectivity index is 2.22. The highest BCUT2D eigenvalue weighted by Gasteiger charge is 2.12. The van der Waals surface area contributed by atoms with Crippen LogP contribution >= 0.6 is 23.2 Å². The third-order valence-electron chi connectivity index (χ3n) is 2.99. The van der Waals surface area contributed by atoms with E-state index in [2.05, 4.69) is 4.98 Å². The molecule has 21 heavy (non-hydrogen) atoms. The van der Waals surface area contributed by atoms with Crippen molar-refractivity contribution in [1.82, 2.24) is 4.98 Å². The molecule has 4 nitrogen and oxygen atoms in total. The van der Waals surface area contributed by atoms with Gasteiger partial charge in [0, 0.05) is 10.6 Å². The molecule has 2 aromatic carbocycles. The lowest BCUT2D eigenvalue weighted by Gasteiger charge is -2.04. The molecule has 0 saturated carbocycles. The molecule has 6 heteroatoms. The van der Waals surface area contributed by atoms with Gasteiger partial charge in [0.25, 0.3) is 0 Å². The minimum Gasteiger partial charge on any atom is -0.497 e. The first kappa shape index (κ1) is 13.9. The molecule has 3 rings (SSSR count). The van der Waals surface area contributed by atoms with Crippen molar-refractivity contribution in [2.24, 2.45) is 0 Å². The quantitative estimate of drug-likeness (QED) is 0.710. The molecule has 1 heterocycles. The average molecular weight is 322 g/mol. The number of nitrogens with zero attached hydrogens (tertiary/aromatic N) is 1. The van der Waals surface area contributed by atoms with Crippen molar-refractivity contribution >= 4 is 34.1 Å². The van der Waals surface area contributed by atoms with E-state index in [1.807, 2.05) is 0 Å². The van der Waals surface area contributed by atoms with E-state index in [9.17, 15) is 4.79 Å². The Bertz CT molecular complexity index is 872. The third kappa shape index (κ3) is 2.60. The molecule has 0 saturated heterocycles. The number of fused-ring (bicyclic) bond motifs is 1. The smallest absolute Gasteiger partial charge is 0.347 e. The van der Waals surface area contributed by atoms with Crippen molar-refractivity contribution in [3.05, 3.63) is 56.9 Å². The van der Waals surface area contributed by atoms with Crippen LogP contribution in [0, 0.1) is 0 Å². The zero-order valence-electron chi connectivity index (χ0n) is 10.9. The lowest BCUT2D eigenvalue weighted by molar-refractivity contribution is 0.415. The van der Waals surface area contributed by atoms with Crippen LogP contribution in [0.3, 0.4) is 0 Å². The Labute approximate surface area is 129 Å². The van der Waals surface area contributed by atoms with Gasteiger partial charge in [0.05, 0.1) is 17.5 Å². The minimum atomic E-state index is -0.532. The summed E-state index contributed by atoms with van der Waals surface area (Å²) in [5.74, 6) is 0.895. The topological polar surface area (TPSA) is 52.3 Å². The van der Waals surface area contributed by atoms with Gasteiger partial charge in [0.1, 0.15) is 11.3 Å². The molecule has 0 radical (unpaired) electrons. The van der Waals surface area contributed by atoms with Crippen molar-refractivity contribution < 1.29 is 9.15 Å². The molecule has 0 aliphatic carbocycles. The zero-order valence-corrected chi connectivity index (χ0v) is 12.4. The number of hydrogen-bond donors (Lipinski definition) is 0. The van der Waals surface area contributed by atoms with Crippen LogP contribution in [-0.4, -0.2) is 12.1 Å². The molecule has 0 atom stereocenters. The second kappa shape index (κ2) is 5.39. The molecule has 0 aliphatic rings. The number of hydrogen-bond acceptors (Lipinski definition) is 4. The van der Waals surface area contributed by atoms with E-state index in [0.717, 1.165) is 0 Å². The summed E-state index contributed by atoms with van der Waals surface area (Å²) < 4.78 is 10.3. The molecule has 0 unspecified atom stereocenters. The number of rotatable bonds is 2. The first-order valence-electron chi connectivity index (χ1n) is 6.03. The van der Waals surface area contributed by atoms with Gasteiger partial charge < -0.3 is 9.15 Å². The largest absolute Gasteiger partial charge is 0.497 e. The van der Waals surface area contributed by atoms with Gasteiger partial charge in [0.2, 0.25) is 5.89 Å². The predicted molar refractivity (Wildman–Crippen MR) is 82.3 cm³/mol. The molecule has 0 amide bonds. The monoisotopic (exact) mass is 321 g/mol. The zero-order chi connectivity index (χ0) is 15.0. The van der Waals surface area contributed by atoms with Gasteiger partial charge in [0.15, 0.2) is 0 Å². The summed E-state index contributed by atoms with van der Waals surface area (Å²) in [5, 5.41) is 0.920. The number of methoxy groups -OCH3 is 1. The first-order valence-corrected chi connectivity index (χ1v) is 6.78. The average Bonchev–Trinajstić information content (AvgIpc) is 2.48. The van der Waals surface area contributed by atoms with E-state index >= 15 is 0 Å². The van der Waals surface area contributed by atoms with Gasteiger partial charge in [-0.1, -0.05) is 23.2 Å². The summed E-state index contributed by atoms with van der Waals surface area (Å²) in [6.45, 7) is 0. The van der Waals surface area contributed by atoms with Gasteiger partial charge in [-0.05, 0) is 36.4 Å². The fraction of sp³-hybridized carbons (Fsp3) is 0.0667. The molecule has 1 aromatic heterocycles. The Morgan fingerprint density at radius 2 is 1.86 bits per heavy atom. The van der Waals surface area contributed by atoms with Crippen LogP contribution in [0.2, 0.25) is 10.0 Å². The van der Waals surface area contributed by atoms with Gasteiger partial charge >= 0.3 is 5.63 Å². The molecule has 0 fully saturated rings. The third-order valence-corrected chi connectivity index (χ3v) is 3.49. The number of benzene rings is 2. The summed E-state index contributed by atoms with van der Waals surface area (Å²) in [5.41, 5.74) is 0.485. The maximum absolute atomic E-state index is 12.1. The summed E-state index contributed by atoms with van der Waals surface area (Å²) >= 11 is 12.0. The lowest BCUT2D eigenvalue weighted by Crippen LogP contribution is -2.03. The summed E-state index contributed by atoms with van der Waals surface area (Å²) in [7, 11) is 1.58. The molecular weight excluding hydrogens is 313 g/mol. The Hall–Kier alpha value is -2.04. The minimum absolute atomic E-state index is 0.194. The summed E-state index contributed by atoms with van der Waals surface area (Å²) in [6, 6.07) is 10.0. The van der Waals surface area contributed by atoms with E-state index < -0.39 is 5.63 Å². The predicted octanol–water partition coefficient (Wildman–Crippen LogP) is 4.17. The van der Waals surface area contributed by atoms with Gasteiger partial charge in [-0.15, -0.1) is 0 Å². The maximum Gasteiger partial charge on any atom is 0.347 e. The summed E-state index contributed by atoms with van der Waals surface area (Å²) in [6.07, 6.45) is 0. The molecule has 3 aromatic rings. The van der Waals surface area contributed by atoms with Crippen molar-refractivity contribution in [2.75, 3.05) is 7.11 Å². The fourth-order valence-electron chi connectivity index (χ4n) is 1.96. The Kier molecular flexibility index (Phi) is 3.57. The second-order valence-electron chi connectivity index (χ2n) is 4.32. The van der Waals surface area contributed by atoms with E-state index in [1.54, 1.807) is 31.4 Å². The van der Waals surface area contributed by atoms with Gasteiger partial charge in [-0.3, -0.25) is 0 Å².